The summed E-state index contributed by atoms with van der Waals surface area (Å²) in [6.07, 6.45) is 0. The highest BCUT2D eigenvalue weighted by Crippen LogP contribution is 2.50. The quantitative estimate of drug-likeness (QED) is 0.425. The zero-order valence-electron chi connectivity index (χ0n) is 17.5. The topological polar surface area (TPSA) is 35.9 Å². The van der Waals surface area contributed by atoms with Gasteiger partial charge in [-0.3, -0.25) is 9.69 Å². The lowest BCUT2D eigenvalue weighted by atomic mass is 10.2. The van der Waals surface area contributed by atoms with Gasteiger partial charge in [-0.1, -0.05) is 54.2 Å². The number of benzene rings is 3. The molecule has 0 atom stereocenters. The molecule has 1 amide bonds. The minimum absolute atomic E-state index is 0.0370. The summed E-state index contributed by atoms with van der Waals surface area (Å²) in [5, 5.41) is 1.63. The van der Waals surface area contributed by atoms with Crippen molar-refractivity contribution in [2.45, 2.75) is 18.7 Å². The van der Waals surface area contributed by atoms with Gasteiger partial charge < -0.3 is 4.90 Å². The van der Waals surface area contributed by atoms with Crippen LogP contribution in [0.2, 0.25) is 0 Å². The largest absolute Gasteiger partial charge is 0.337 e. The lowest BCUT2D eigenvalue weighted by Gasteiger charge is -2.17. The van der Waals surface area contributed by atoms with E-state index < -0.39 is 0 Å². The fraction of sp³-hybridized carbons (Fsp3) is 0.120. The second kappa shape index (κ2) is 7.94. The fourth-order valence-corrected chi connectivity index (χ4v) is 6.00. The van der Waals surface area contributed by atoms with Crippen LogP contribution in [0.4, 0.5) is 17.1 Å². The molecule has 5 rings (SSSR count). The van der Waals surface area contributed by atoms with Crippen molar-refractivity contribution in [3.8, 4) is 0 Å². The van der Waals surface area contributed by atoms with Crippen molar-refractivity contribution in [3.63, 3.8) is 0 Å². The number of aliphatic imine (C=N–C) groups is 1. The molecule has 0 N–H and O–H groups in total. The Morgan fingerprint density at radius 1 is 0.871 bits per heavy atom. The number of para-hydroxylation sites is 2. The highest BCUT2D eigenvalue weighted by molar-refractivity contribution is 8.20. The Bertz CT molecular complexity index is 1260. The number of thioether (sulfide) groups is 2. The number of aryl methyl sites for hydroxylation is 2. The van der Waals surface area contributed by atoms with Crippen molar-refractivity contribution in [3.05, 3.63) is 93.9 Å². The number of amidine groups is 1. The molecule has 0 spiro atoms. The van der Waals surface area contributed by atoms with E-state index in [9.17, 15) is 4.79 Å². The second-order valence-electron chi connectivity index (χ2n) is 7.53. The molecule has 0 unspecified atom stereocenters. The lowest BCUT2D eigenvalue weighted by Crippen LogP contribution is -2.29. The zero-order valence-corrected chi connectivity index (χ0v) is 19.1. The van der Waals surface area contributed by atoms with Gasteiger partial charge in [-0.2, -0.15) is 0 Å². The van der Waals surface area contributed by atoms with E-state index in [-0.39, 0.29) is 5.91 Å². The van der Waals surface area contributed by atoms with Crippen LogP contribution in [0.15, 0.2) is 92.6 Å². The predicted octanol–water partition coefficient (Wildman–Crippen LogP) is 6.48. The summed E-state index contributed by atoms with van der Waals surface area (Å²) >= 11 is 3.09. The fourth-order valence-electron chi connectivity index (χ4n) is 3.66. The molecule has 3 aromatic carbocycles. The Kier molecular flexibility index (Phi) is 5.12. The van der Waals surface area contributed by atoms with Gasteiger partial charge in [-0.25, -0.2) is 4.99 Å². The Balaban J connectivity index is 1.64. The summed E-state index contributed by atoms with van der Waals surface area (Å²) < 4.78 is 0. The Hall–Kier alpha value is -2.96. The molecule has 0 bridgehead atoms. The normalized spacial score (nSPS) is 19.5. The van der Waals surface area contributed by atoms with Gasteiger partial charge in [0.05, 0.1) is 22.1 Å². The molecule has 0 radical (unpaired) electrons. The van der Waals surface area contributed by atoms with E-state index in [1.54, 1.807) is 16.7 Å². The van der Waals surface area contributed by atoms with Crippen LogP contribution < -0.4 is 9.80 Å². The van der Waals surface area contributed by atoms with Crippen LogP contribution in [-0.2, 0) is 4.79 Å². The molecule has 0 saturated carbocycles. The van der Waals surface area contributed by atoms with Gasteiger partial charge >= 0.3 is 0 Å². The van der Waals surface area contributed by atoms with Crippen molar-refractivity contribution in [1.82, 2.24) is 0 Å². The van der Waals surface area contributed by atoms with Crippen LogP contribution in [0.5, 0.6) is 0 Å². The van der Waals surface area contributed by atoms with E-state index in [2.05, 4.69) is 17.0 Å². The molecule has 0 aliphatic carbocycles. The molecule has 2 aliphatic heterocycles. The molecular formula is C25H21N3OS2. The van der Waals surface area contributed by atoms with Gasteiger partial charge in [0, 0.05) is 11.9 Å². The van der Waals surface area contributed by atoms with Crippen molar-refractivity contribution in [2.75, 3.05) is 16.8 Å². The van der Waals surface area contributed by atoms with Crippen molar-refractivity contribution >= 4 is 51.7 Å². The molecular weight excluding hydrogens is 422 g/mol. The number of amides is 1. The summed E-state index contributed by atoms with van der Waals surface area (Å²) in [6.45, 7) is 4.07. The standard InChI is InChI=1S/C25H21N3OS2/c1-16-9-8-11-18(15-16)28-23(29)22(24-27(3)20-13-6-7-14-21(20)30-24)31-25(28)26-19-12-5-4-10-17(19)2/h4-15H,1-3H3/b24-22-,26-25?. The number of carbonyl (C=O) groups is 1. The molecule has 154 valence electrons. The molecule has 1 fully saturated rings. The predicted molar refractivity (Wildman–Crippen MR) is 132 cm³/mol. The number of fused-ring (bicyclic) bond motifs is 1. The first kappa shape index (κ1) is 20.0. The third-order valence-corrected chi connectivity index (χ3v) is 7.70. The van der Waals surface area contributed by atoms with Gasteiger partial charge in [-0.15, -0.1) is 0 Å². The molecule has 31 heavy (non-hydrogen) atoms. The van der Waals surface area contributed by atoms with Crippen LogP contribution in [0.1, 0.15) is 11.1 Å². The average molecular weight is 444 g/mol. The summed E-state index contributed by atoms with van der Waals surface area (Å²) in [5.41, 5.74) is 5.01. The smallest absolute Gasteiger partial charge is 0.274 e. The van der Waals surface area contributed by atoms with Crippen molar-refractivity contribution in [2.24, 2.45) is 4.99 Å². The summed E-state index contributed by atoms with van der Waals surface area (Å²) in [5.74, 6) is -0.0370. The minimum Gasteiger partial charge on any atom is -0.337 e. The van der Waals surface area contributed by atoms with Gasteiger partial charge in [0.2, 0.25) is 0 Å². The second-order valence-corrected chi connectivity index (χ2v) is 9.53. The number of rotatable bonds is 2. The third kappa shape index (κ3) is 3.56. The van der Waals surface area contributed by atoms with E-state index in [0.717, 1.165) is 38.1 Å². The van der Waals surface area contributed by atoms with Crippen LogP contribution in [0.3, 0.4) is 0 Å². The monoisotopic (exact) mass is 443 g/mol. The van der Waals surface area contributed by atoms with Gasteiger partial charge in [-0.05, 0) is 67.1 Å². The Morgan fingerprint density at radius 2 is 1.65 bits per heavy atom. The maximum Gasteiger partial charge on any atom is 0.274 e. The molecule has 3 aromatic rings. The Morgan fingerprint density at radius 3 is 2.42 bits per heavy atom. The number of anilines is 2. The van der Waals surface area contributed by atoms with Gasteiger partial charge in [0.25, 0.3) is 5.91 Å². The maximum atomic E-state index is 13.7. The number of hydrogen-bond acceptors (Lipinski definition) is 5. The first-order valence-electron chi connectivity index (χ1n) is 10.0. The minimum atomic E-state index is -0.0370. The van der Waals surface area contributed by atoms with Crippen LogP contribution in [-0.4, -0.2) is 18.1 Å². The molecule has 2 heterocycles. The molecule has 0 aromatic heterocycles. The summed E-state index contributed by atoms with van der Waals surface area (Å²) in [4.78, 5) is 24.3. The highest BCUT2D eigenvalue weighted by atomic mass is 32.2. The van der Waals surface area contributed by atoms with E-state index in [1.807, 2.05) is 81.6 Å². The number of hydrogen-bond donors (Lipinski definition) is 0. The van der Waals surface area contributed by atoms with Crippen LogP contribution in [0.25, 0.3) is 0 Å². The van der Waals surface area contributed by atoms with Crippen LogP contribution in [0, 0.1) is 13.8 Å². The SMILES string of the molecule is Cc1cccc(N2C(=O)/C(=C3/Sc4ccccc4N3C)SC2=Nc2ccccc2C)c1. The van der Waals surface area contributed by atoms with E-state index in [4.69, 9.17) is 4.99 Å². The number of carbonyl (C=O) groups excluding carboxylic acids is 1. The van der Waals surface area contributed by atoms with Crippen molar-refractivity contribution in [1.29, 1.82) is 0 Å². The first-order chi connectivity index (χ1) is 15.0. The van der Waals surface area contributed by atoms with E-state index in [1.165, 1.54) is 11.8 Å². The van der Waals surface area contributed by atoms with E-state index >= 15 is 0 Å². The summed E-state index contributed by atoms with van der Waals surface area (Å²) in [6, 6.07) is 24.2. The van der Waals surface area contributed by atoms with Crippen molar-refractivity contribution < 1.29 is 4.79 Å². The lowest BCUT2D eigenvalue weighted by molar-refractivity contribution is -0.113. The van der Waals surface area contributed by atoms with Gasteiger partial charge in [0.1, 0.15) is 4.91 Å². The zero-order chi connectivity index (χ0) is 21.5. The molecule has 6 heteroatoms. The highest BCUT2D eigenvalue weighted by Gasteiger charge is 2.40. The third-order valence-electron chi connectivity index (χ3n) is 5.31. The van der Waals surface area contributed by atoms with Crippen LogP contribution >= 0.6 is 23.5 Å². The molecule has 2 aliphatic rings. The maximum absolute atomic E-state index is 13.7. The number of nitrogens with zero attached hydrogens (tertiary/aromatic N) is 3. The van der Waals surface area contributed by atoms with E-state index in [0.29, 0.717) is 10.1 Å². The summed E-state index contributed by atoms with van der Waals surface area (Å²) in [7, 11) is 2.02. The molecule has 1 saturated heterocycles. The Labute approximate surface area is 190 Å². The molecule has 4 nitrogen and oxygen atoms in total. The van der Waals surface area contributed by atoms with Gasteiger partial charge in [0.15, 0.2) is 5.17 Å². The average Bonchev–Trinajstić information content (AvgIpc) is 3.26. The first-order valence-corrected chi connectivity index (χ1v) is 11.6.